The van der Waals surface area contributed by atoms with Crippen molar-refractivity contribution in [2.24, 2.45) is 0 Å². The van der Waals surface area contributed by atoms with E-state index in [2.05, 4.69) is 0 Å². The van der Waals surface area contributed by atoms with Crippen LogP contribution in [0.25, 0.3) is 5.69 Å². The van der Waals surface area contributed by atoms with Gasteiger partial charge in [0.05, 0.1) is 11.6 Å². The van der Waals surface area contributed by atoms with Gasteiger partial charge in [0.15, 0.2) is 0 Å². The van der Waals surface area contributed by atoms with E-state index in [1.54, 1.807) is 25.1 Å². The van der Waals surface area contributed by atoms with E-state index < -0.39 is 11.9 Å². The third-order valence-electron chi connectivity index (χ3n) is 3.18. The molecule has 20 heavy (non-hydrogen) atoms. The largest absolute Gasteiger partial charge is 0.431 e. The molecule has 0 N–H and O–H groups in total. The van der Waals surface area contributed by atoms with Crippen LogP contribution < -0.4 is 0 Å². The predicted molar refractivity (Wildman–Crippen MR) is 69.6 cm³/mol. The Morgan fingerprint density at radius 3 is 2.50 bits per heavy atom. The second-order valence-electron chi connectivity index (χ2n) is 4.51. The van der Waals surface area contributed by atoms with E-state index in [1.807, 2.05) is 13.0 Å². The molecule has 0 unspecified atom stereocenters. The summed E-state index contributed by atoms with van der Waals surface area (Å²) in [4.78, 5) is 0. The molecule has 0 aliphatic rings. The van der Waals surface area contributed by atoms with Crippen molar-refractivity contribution in [2.45, 2.75) is 26.4 Å². The van der Waals surface area contributed by atoms with Gasteiger partial charge in [-0.05, 0) is 43.2 Å². The Bertz CT molecular complexity index is 675. The zero-order valence-electron chi connectivity index (χ0n) is 11.1. The minimum atomic E-state index is -4.43. The fourth-order valence-electron chi connectivity index (χ4n) is 2.33. The van der Waals surface area contributed by atoms with E-state index in [4.69, 9.17) is 5.26 Å². The highest BCUT2D eigenvalue weighted by Crippen LogP contribution is 2.35. The van der Waals surface area contributed by atoms with Crippen LogP contribution in [0.2, 0.25) is 0 Å². The van der Waals surface area contributed by atoms with Crippen LogP contribution in [-0.2, 0) is 12.6 Å². The van der Waals surface area contributed by atoms with Crippen molar-refractivity contribution >= 4 is 0 Å². The molecule has 0 bridgehead atoms. The van der Waals surface area contributed by atoms with Gasteiger partial charge in [-0.2, -0.15) is 18.4 Å². The van der Waals surface area contributed by atoms with E-state index in [0.717, 1.165) is 6.07 Å². The van der Waals surface area contributed by atoms with Gasteiger partial charge in [0.25, 0.3) is 0 Å². The Morgan fingerprint density at radius 1 is 1.25 bits per heavy atom. The lowest BCUT2D eigenvalue weighted by molar-refractivity contribution is -0.142. The number of nitrogens with zero attached hydrogens (tertiary/aromatic N) is 2. The third-order valence-corrected chi connectivity index (χ3v) is 3.18. The van der Waals surface area contributed by atoms with Gasteiger partial charge >= 0.3 is 6.18 Å². The van der Waals surface area contributed by atoms with Crippen molar-refractivity contribution < 1.29 is 13.2 Å². The first-order chi connectivity index (χ1) is 9.38. The van der Waals surface area contributed by atoms with Crippen molar-refractivity contribution in [3.63, 3.8) is 0 Å². The quantitative estimate of drug-likeness (QED) is 0.807. The number of aromatic nitrogens is 1. The second-order valence-corrected chi connectivity index (χ2v) is 4.51. The van der Waals surface area contributed by atoms with Crippen LogP contribution >= 0.6 is 0 Å². The number of benzene rings is 1. The van der Waals surface area contributed by atoms with Gasteiger partial charge in [-0.15, -0.1) is 0 Å². The molecular formula is C15H13F3N2. The predicted octanol–water partition coefficient (Wildman–Crippen LogP) is 4.24. The molecule has 0 saturated heterocycles. The first-order valence-electron chi connectivity index (χ1n) is 6.17. The highest BCUT2D eigenvalue weighted by atomic mass is 19.4. The maximum Gasteiger partial charge on any atom is 0.431 e. The number of aryl methyl sites for hydroxylation is 1. The monoisotopic (exact) mass is 278 g/mol. The minimum absolute atomic E-state index is 0.337. The lowest BCUT2D eigenvalue weighted by Gasteiger charge is -2.15. The molecule has 1 heterocycles. The van der Waals surface area contributed by atoms with Crippen LogP contribution in [0.15, 0.2) is 30.3 Å². The zero-order chi connectivity index (χ0) is 14.9. The van der Waals surface area contributed by atoms with Crippen LogP contribution in [0.3, 0.4) is 0 Å². The van der Waals surface area contributed by atoms with Gasteiger partial charge in [0.1, 0.15) is 5.69 Å². The average Bonchev–Trinajstić information content (AvgIpc) is 2.75. The lowest BCUT2D eigenvalue weighted by Crippen LogP contribution is -2.14. The molecule has 0 radical (unpaired) electrons. The molecule has 1 aromatic carbocycles. The standard InChI is InChI=1S/C15H13F3N2/c1-3-13-10(2)7-14(15(16,17)18)20(13)12-6-4-5-11(8-12)9-19/h4-8H,3H2,1-2H3. The van der Waals surface area contributed by atoms with E-state index in [0.29, 0.717) is 28.9 Å². The number of nitriles is 1. The minimum Gasteiger partial charge on any atom is -0.310 e. The van der Waals surface area contributed by atoms with Crippen LogP contribution in [0.5, 0.6) is 0 Å². The van der Waals surface area contributed by atoms with Gasteiger partial charge in [-0.25, -0.2) is 0 Å². The summed E-state index contributed by atoms with van der Waals surface area (Å²) in [6, 6.07) is 9.29. The molecule has 0 aliphatic heterocycles. The topological polar surface area (TPSA) is 28.7 Å². The number of rotatable bonds is 2. The molecule has 0 amide bonds. The fraction of sp³-hybridized carbons (Fsp3) is 0.267. The SMILES string of the molecule is CCc1c(C)cc(C(F)(F)F)n1-c1cccc(C#N)c1. The van der Waals surface area contributed by atoms with Gasteiger partial charge in [0.2, 0.25) is 0 Å². The summed E-state index contributed by atoms with van der Waals surface area (Å²) in [6.45, 7) is 3.48. The van der Waals surface area contributed by atoms with Gasteiger partial charge in [-0.1, -0.05) is 13.0 Å². The van der Waals surface area contributed by atoms with Crippen LogP contribution in [0.4, 0.5) is 13.2 Å². The molecule has 0 aliphatic carbocycles. The molecule has 0 fully saturated rings. The summed E-state index contributed by atoms with van der Waals surface area (Å²) in [5.41, 5.74) is 1.20. The highest BCUT2D eigenvalue weighted by molar-refractivity contribution is 5.46. The summed E-state index contributed by atoms with van der Waals surface area (Å²) in [5.74, 6) is 0. The van der Waals surface area contributed by atoms with Crippen molar-refractivity contribution in [3.05, 3.63) is 52.8 Å². The van der Waals surface area contributed by atoms with Gasteiger partial charge in [0, 0.05) is 11.4 Å². The highest BCUT2D eigenvalue weighted by Gasteiger charge is 2.36. The summed E-state index contributed by atoms with van der Waals surface area (Å²) in [6.07, 6.45) is -3.94. The van der Waals surface area contributed by atoms with Crippen LogP contribution in [0, 0.1) is 18.3 Å². The normalized spacial score (nSPS) is 11.4. The fourth-order valence-corrected chi connectivity index (χ4v) is 2.33. The molecule has 104 valence electrons. The first-order valence-corrected chi connectivity index (χ1v) is 6.17. The maximum absolute atomic E-state index is 13.2. The summed E-state index contributed by atoms with van der Waals surface area (Å²) >= 11 is 0. The number of hydrogen-bond acceptors (Lipinski definition) is 1. The molecular weight excluding hydrogens is 265 g/mol. The Morgan fingerprint density at radius 2 is 1.95 bits per heavy atom. The first kappa shape index (κ1) is 14.2. The van der Waals surface area contributed by atoms with Gasteiger partial charge < -0.3 is 4.57 Å². The average molecular weight is 278 g/mol. The number of alkyl halides is 3. The van der Waals surface area contributed by atoms with Crippen molar-refractivity contribution in [2.75, 3.05) is 0 Å². The van der Waals surface area contributed by atoms with E-state index in [1.165, 1.54) is 10.6 Å². The van der Waals surface area contributed by atoms with Crippen molar-refractivity contribution in [3.8, 4) is 11.8 Å². The molecule has 2 aromatic rings. The van der Waals surface area contributed by atoms with Crippen molar-refractivity contribution in [1.82, 2.24) is 4.57 Å². The molecule has 0 spiro atoms. The smallest absolute Gasteiger partial charge is 0.310 e. The number of hydrogen-bond donors (Lipinski definition) is 0. The van der Waals surface area contributed by atoms with E-state index >= 15 is 0 Å². The molecule has 5 heteroatoms. The van der Waals surface area contributed by atoms with Crippen molar-refractivity contribution in [1.29, 1.82) is 5.26 Å². The second kappa shape index (κ2) is 5.04. The van der Waals surface area contributed by atoms with Gasteiger partial charge in [-0.3, -0.25) is 0 Å². The van der Waals surface area contributed by atoms with Crippen LogP contribution in [0.1, 0.15) is 29.4 Å². The summed E-state index contributed by atoms with van der Waals surface area (Å²) in [7, 11) is 0. The zero-order valence-corrected chi connectivity index (χ0v) is 11.1. The molecule has 2 rings (SSSR count). The Labute approximate surface area is 115 Å². The summed E-state index contributed by atoms with van der Waals surface area (Å²) < 4.78 is 40.7. The Hall–Kier alpha value is -2.22. The van der Waals surface area contributed by atoms with E-state index in [9.17, 15) is 13.2 Å². The van der Waals surface area contributed by atoms with E-state index in [-0.39, 0.29) is 0 Å². The molecule has 0 atom stereocenters. The summed E-state index contributed by atoms with van der Waals surface area (Å²) in [5, 5.41) is 8.89. The number of halogens is 3. The van der Waals surface area contributed by atoms with Crippen LogP contribution in [-0.4, -0.2) is 4.57 Å². The maximum atomic E-state index is 13.2. The lowest BCUT2D eigenvalue weighted by atomic mass is 10.2. The molecule has 2 nitrogen and oxygen atoms in total. The molecule has 0 saturated carbocycles. The Balaban J connectivity index is 2.74. The molecule has 1 aromatic heterocycles. The third kappa shape index (κ3) is 2.42. The Kier molecular flexibility index (Phi) is 3.58.